The normalized spacial score (nSPS) is 19.6. The minimum Gasteiger partial charge on any atom is -0.388 e. The quantitative estimate of drug-likeness (QED) is 0.825. The van der Waals surface area contributed by atoms with Crippen molar-refractivity contribution in [1.82, 2.24) is 0 Å². The highest BCUT2D eigenvalue weighted by molar-refractivity contribution is 9.10. The van der Waals surface area contributed by atoms with E-state index < -0.39 is 6.10 Å². The summed E-state index contributed by atoms with van der Waals surface area (Å²) in [4.78, 5) is 0. The highest BCUT2D eigenvalue weighted by Crippen LogP contribution is 2.43. The number of aliphatic hydroxyl groups excluding tert-OH is 1. The monoisotopic (exact) mass is 266 g/mol. The summed E-state index contributed by atoms with van der Waals surface area (Å²) in [6, 6.07) is 7.86. The molecule has 1 aliphatic rings. The Hall–Kier alpha value is -0.600. The summed E-state index contributed by atoms with van der Waals surface area (Å²) in [6.45, 7) is 3.82. The molecule has 2 heteroatoms. The molecule has 0 amide bonds. The fourth-order valence-electron chi connectivity index (χ4n) is 1.94. The van der Waals surface area contributed by atoms with Crippen LogP contribution in [0.4, 0.5) is 0 Å². The number of aliphatic hydroxyl groups is 1. The second kappa shape index (κ2) is 4.50. The van der Waals surface area contributed by atoms with Crippen LogP contribution in [-0.2, 0) is 0 Å². The van der Waals surface area contributed by atoms with Crippen LogP contribution in [0.15, 0.2) is 41.4 Å². The van der Waals surface area contributed by atoms with Crippen molar-refractivity contribution in [1.29, 1.82) is 0 Å². The molecular formula is C13H15BrO. The summed E-state index contributed by atoms with van der Waals surface area (Å²) in [5.74, 6) is 0.854. The van der Waals surface area contributed by atoms with Gasteiger partial charge in [0.2, 0.25) is 0 Å². The molecule has 80 valence electrons. The van der Waals surface area contributed by atoms with Crippen LogP contribution >= 0.6 is 15.9 Å². The topological polar surface area (TPSA) is 20.2 Å². The third-order valence-electron chi connectivity index (χ3n) is 3.01. The third kappa shape index (κ3) is 2.50. The Morgan fingerprint density at radius 2 is 1.93 bits per heavy atom. The Morgan fingerprint density at radius 3 is 2.40 bits per heavy atom. The van der Waals surface area contributed by atoms with E-state index in [-0.39, 0.29) is 5.92 Å². The van der Waals surface area contributed by atoms with Gasteiger partial charge in [-0.15, -0.1) is 6.58 Å². The number of hydrogen-bond acceptors (Lipinski definition) is 1. The van der Waals surface area contributed by atoms with Gasteiger partial charge in [0.25, 0.3) is 0 Å². The fraction of sp³-hybridized carbons (Fsp3) is 0.385. The van der Waals surface area contributed by atoms with Gasteiger partial charge in [-0.25, -0.2) is 0 Å². The maximum atomic E-state index is 10.2. The first kappa shape index (κ1) is 10.9. The predicted molar refractivity (Wildman–Crippen MR) is 65.5 cm³/mol. The summed E-state index contributed by atoms with van der Waals surface area (Å²) >= 11 is 3.39. The van der Waals surface area contributed by atoms with Gasteiger partial charge in [0.05, 0.1) is 6.10 Å². The summed E-state index contributed by atoms with van der Waals surface area (Å²) in [7, 11) is 0. The van der Waals surface area contributed by atoms with Crippen molar-refractivity contribution in [2.24, 2.45) is 11.8 Å². The van der Waals surface area contributed by atoms with Gasteiger partial charge in [-0.2, -0.15) is 0 Å². The molecule has 0 aromatic heterocycles. The minimum absolute atomic E-state index is 0.214. The van der Waals surface area contributed by atoms with Gasteiger partial charge >= 0.3 is 0 Å². The Balaban J connectivity index is 2.14. The highest BCUT2D eigenvalue weighted by Gasteiger charge is 2.34. The van der Waals surface area contributed by atoms with Gasteiger partial charge < -0.3 is 5.11 Å². The first-order chi connectivity index (χ1) is 7.22. The maximum Gasteiger partial charge on any atom is 0.0855 e. The van der Waals surface area contributed by atoms with Crippen molar-refractivity contribution in [3.05, 3.63) is 47.0 Å². The lowest BCUT2D eigenvalue weighted by molar-refractivity contribution is 0.121. The lowest BCUT2D eigenvalue weighted by Gasteiger charge is -2.19. The number of rotatable bonds is 4. The molecule has 0 aliphatic heterocycles. The van der Waals surface area contributed by atoms with Crippen molar-refractivity contribution in [2.75, 3.05) is 0 Å². The van der Waals surface area contributed by atoms with E-state index in [1.807, 2.05) is 30.3 Å². The Bertz CT molecular complexity index is 340. The van der Waals surface area contributed by atoms with Gasteiger partial charge in [-0.05, 0) is 36.5 Å². The first-order valence-electron chi connectivity index (χ1n) is 5.28. The van der Waals surface area contributed by atoms with E-state index in [1.165, 1.54) is 12.8 Å². The standard InChI is InChI=1S/C13H15BrO/c1-2-12(9-3-4-9)13(15)10-5-7-11(14)8-6-10/h2,5-9,12-13,15H,1,3-4H2/t12-,13-/m0/s1. The molecule has 0 unspecified atom stereocenters. The van der Waals surface area contributed by atoms with Gasteiger partial charge in [0, 0.05) is 10.4 Å². The van der Waals surface area contributed by atoms with Gasteiger partial charge in [-0.3, -0.25) is 0 Å². The second-order valence-electron chi connectivity index (χ2n) is 4.15. The van der Waals surface area contributed by atoms with Crippen molar-refractivity contribution >= 4 is 15.9 Å². The highest BCUT2D eigenvalue weighted by atomic mass is 79.9. The number of benzene rings is 1. The van der Waals surface area contributed by atoms with Crippen LogP contribution in [-0.4, -0.2) is 5.11 Å². The summed E-state index contributed by atoms with van der Waals surface area (Å²) in [5, 5.41) is 10.2. The molecule has 2 atom stereocenters. The van der Waals surface area contributed by atoms with Crippen LogP contribution in [0.1, 0.15) is 24.5 Å². The molecule has 0 saturated heterocycles. The number of halogens is 1. The van der Waals surface area contributed by atoms with Gasteiger partial charge in [-0.1, -0.05) is 34.1 Å². The van der Waals surface area contributed by atoms with Crippen LogP contribution < -0.4 is 0 Å². The fourth-order valence-corrected chi connectivity index (χ4v) is 2.21. The molecule has 0 radical (unpaired) electrons. The zero-order valence-corrected chi connectivity index (χ0v) is 10.2. The van der Waals surface area contributed by atoms with Crippen LogP contribution in [0.25, 0.3) is 0 Å². The Labute approximate surface area is 99.0 Å². The molecule has 1 aromatic rings. The van der Waals surface area contributed by atoms with E-state index >= 15 is 0 Å². The molecule has 1 nitrogen and oxygen atoms in total. The van der Waals surface area contributed by atoms with E-state index in [0.717, 1.165) is 10.0 Å². The number of hydrogen-bond donors (Lipinski definition) is 1. The largest absolute Gasteiger partial charge is 0.388 e. The molecule has 0 spiro atoms. The van der Waals surface area contributed by atoms with E-state index in [4.69, 9.17) is 0 Å². The Morgan fingerprint density at radius 1 is 1.33 bits per heavy atom. The van der Waals surface area contributed by atoms with Crippen molar-refractivity contribution in [2.45, 2.75) is 18.9 Å². The van der Waals surface area contributed by atoms with E-state index in [1.54, 1.807) is 0 Å². The van der Waals surface area contributed by atoms with E-state index in [9.17, 15) is 5.11 Å². The SMILES string of the molecule is C=C[C@@H](C1CC1)[C@@H](O)c1ccc(Br)cc1. The summed E-state index contributed by atoms with van der Waals surface area (Å²) in [6.07, 6.45) is 3.95. The van der Waals surface area contributed by atoms with Gasteiger partial charge in [0.1, 0.15) is 0 Å². The lowest BCUT2D eigenvalue weighted by atomic mass is 9.92. The Kier molecular flexibility index (Phi) is 3.27. The van der Waals surface area contributed by atoms with Crippen LogP contribution in [0.3, 0.4) is 0 Å². The minimum atomic E-state index is -0.400. The summed E-state index contributed by atoms with van der Waals surface area (Å²) in [5.41, 5.74) is 0.981. The predicted octanol–water partition coefficient (Wildman–Crippen LogP) is 3.69. The molecule has 1 aliphatic carbocycles. The maximum absolute atomic E-state index is 10.2. The lowest BCUT2D eigenvalue weighted by Crippen LogP contribution is -2.12. The van der Waals surface area contributed by atoms with E-state index in [2.05, 4.69) is 22.5 Å². The van der Waals surface area contributed by atoms with Crippen molar-refractivity contribution < 1.29 is 5.11 Å². The average Bonchev–Trinajstić information content (AvgIpc) is 3.04. The molecule has 0 heterocycles. The molecule has 1 N–H and O–H groups in total. The van der Waals surface area contributed by atoms with Crippen LogP contribution in [0.2, 0.25) is 0 Å². The zero-order valence-electron chi connectivity index (χ0n) is 8.57. The molecule has 1 aromatic carbocycles. The molecule has 15 heavy (non-hydrogen) atoms. The second-order valence-corrected chi connectivity index (χ2v) is 5.06. The van der Waals surface area contributed by atoms with Crippen molar-refractivity contribution in [3.63, 3.8) is 0 Å². The zero-order chi connectivity index (χ0) is 10.8. The van der Waals surface area contributed by atoms with Crippen LogP contribution in [0, 0.1) is 11.8 Å². The van der Waals surface area contributed by atoms with E-state index in [0.29, 0.717) is 5.92 Å². The van der Waals surface area contributed by atoms with Crippen molar-refractivity contribution in [3.8, 4) is 0 Å². The molecule has 1 fully saturated rings. The third-order valence-corrected chi connectivity index (χ3v) is 3.54. The molecule has 0 bridgehead atoms. The molecular weight excluding hydrogens is 252 g/mol. The smallest absolute Gasteiger partial charge is 0.0855 e. The average molecular weight is 267 g/mol. The molecule has 2 rings (SSSR count). The first-order valence-corrected chi connectivity index (χ1v) is 6.07. The summed E-state index contributed by atoms with van der Waals surface area (Å²) < 4.78 is 1.04. The molecule has 1 saturated carbocycles. The van der Waals surface area contributed by atoms with Gasteiger partial charge in [0.15, 0.2) is 0 Å². The van der Waals surface area contributed by atoms with Crippen LogP contribution in [0.5, 0.6) is 0 Å².